The summed E-state index contributed by atoms with van der Waals surface area (Å²) in [6.45, 7) is 2.43. The molecule has 1 saturated heterocycles. The van der Waals surface area contributed by atoms with Crippen LogP contribution in [0.1, 0.15) is 30.3 Å². The molecule has 1 atom stereocenters. The van der Waals surface area contributed by atoms with Crippen molar-refractivity contribution >= 4 is 37.3 Å². The Kier molecular flexibility index (Phi) is 4.72. The molecule has 0 bridgehead atoms. The van der Waals surface area contributed by atoms with Gasteiger partial charge >= 0.3 is 0 Å². The summed E-state index contributed by atoms with van der Waals surface area (Å²) in [5, 5.41) is 4.07. The molecule has 1 aromatic carbocycles. The molecule has 1 aliphatic heterocycles. The van der Waals surface area contributed by atoms with Crippen LogP contribution in [0.15, 0.2) is 48.9 Å². The van der Waals surface area contributed by atoms with E-state index < -0.39 is 16.1 Å². The Balaban J connectivity index is 1.67. The lowest BCUT2D eigenvalue weighted by molar-refractivity contribution is 0.291. The summed E-state index contributed by atoms with van der Waals surface area (Å²) in [4.78, 5) is 4.50. The van der Waals surface area contributed by atoms with E-state index in [9.17, 15) is 8.42 Å². The first-order chi connectivity index (χ1) is 12.5. The number of sulfonamides is 1. The molecule has 3 aromatic rings. The first kappa shape index (κ1) is 17.8. The van der Waals surface area contributed by atoms with Crippen LogP contribution in [0.25, 0.3) is 11.4 Å². The molecule has 0 N–H and O–H groups in total. The van der Waals surface area contributed by atoms with Gasteiger partial charge in [-0.25, -0.2) is 8.42 Å². The number of aryl methyl sites for hydroxylation is 1. The molecule has 0 saturated carbocycles. The van der Waals surface area contributed by atoms with Gasteiger partial charge in [0.1, 0.15) is 10.3 Å². The maximum Gasteiger partial charge on any atom is 0.253 e. The average Bonchev–Trinajstić information content (AvgIpc) is 3.35. The van der Waals surface area contributed by atoms with Gasteiger partial charge in [-0.2, -0.15) is 9.29 Å². The van der Waals surface area contributed by atoms with Gasteiger partial charge in [0.05, 0.1) is 3.79 Å². The zero-order chi connectivity index (χ0) is 18.3. The maximum atomic E-state index is 13.0. The van der Waals surface area contributed by atoms with Crippen molar-refractivity contribution in [2.45, 2.75) is 30.0 Å². The van der Waals surface area contributed by atoms with Crippen molar-refractivity contribution in [1.29, 1.82) is 0 Å². The van der Waals surface area contributed by atoms with Crippen LogP contribution in [-0.2, 0) is 10.0 Å². The molecule has 2 aromatic heterocycles. The first-order valence-electron chi connectivity index (χ1n) is 8.13. The highest BCUT2D eigenvalue weighted by Gasteiger charge is 2.40. The van der Waals surface area contributed by atoms with Gasteiger partial charge < -0.3 is 4.52 Å². The number of hydrogen-bond acceptors (Lipinski definition) is 6. The molecule has 26 heavy (non-hydrogen) atoms. The quantitative estimate of drug-likeness (QED) is 0.584. The Hall–Kier alpha value is -1.55. The number of thiophene rings is 1. The van der Waals surface area contributed by atoms with Crippen molar-refractivity contribution in [3.63, 3.8) is 0 Å². The molecule has 1 fully saturated rings. The van der Waals surface area contributed by atoms with Crippen molar-refractivity contribution in [3.8, 4) is 11.4 Å². The molecule has 0 unspecified atom stereocenters. The zero-order valence-electron chi connectivity index (χ0n) is 13.9. The highest BCUT2D eigenvalue weighted by molar-refractivity contribution is 9.11. The van der Waals surface area contributed by atoms with E-state index in [0.29, 0.717) is 28.9 Å². The number of nitrogens with zero attached hydrogens (tertiary/aromatic N) is 3. The number of benzene rings is 1. The van der Waals surface area contributed by atoms with Gasteiger partial charge in [0.25, 0.3) is 10.0 Å². The minimum atomic E-state index is -3.58. The van der Waals surface area contributed by atoms with E-state index in [-0.39, 0.29) is 0 Å². The standard InChI is InChI=1S/C17H16BrN3O3S2/c1-11-5-2-3-6-12(11)16-19-17(24-20-16)13-7-4-10-21(13)26(22,23)15-9-8-14(18)25-15/h2-3,5-6,8-9,13H,4,7,10H2,1H3/t13-/m0/s1. The summed E-state index contributed by atoms with van der Waals surface area (Å²) in [6.07, 6.45) is 1.43. The van der Waals surface area contributed by atoms with Crippen LogP contribution in [0, 0.1) is 6.92 Å². The van der Waals surface area contributed by atoms with Gasteiger partial charge in [-0.3, -0.25) is 0 Å². The monoisotopic (exact) mass is 453 g/mol. The first-order valence-corrected chi connectivity index (χ1v) is 11.2. The second kappa shape index (κ2) is 6.88. The van der Waals surface area contributed by atoms with Crippen molar-refractivity contribution < 1.29 is 12.9 Å². The van der Waals surface area contributed by atoms with Gasteiger partial charge in [0, 0.05) is 12.1 Å². The van der Waals surface area contributed by atoms with E-state index in [1.165, 1.54) is 15.6 Å². The third kappa shape index (κ3) is 3.13. The smallest absolute Gasteiger partial charge is 0.253 e. The lowest BCUT2D eigenvalue weighted by Crippen LogP contribution is -2.30. The van der Waals surface area contributed by atoms with Crippen molar-refractivity contribution in [2.24, 2.45) is 0 Å². The van der Waals surface area contributed by atoms with Crippen LogP contribution in [0.5, 0.6) is 0 Å². The van der Waals surface area contributed by atoms with E-state index in [1.54, 1.807) is 12.1 Å². The van der Waals surface area contributed by atoms with Crippen LogP contribution >= 0.6 is 27.3 Å². The minimum absolute atomic E-state index is 0.315. The van der Waals surface area contributed by atoms with Gasteiger partial charge in [-0.05, 0) is 53.4 Å². The van der Waals surface area contributed by atoms with Crippen molar-refractivity contribution in [2.75, 3.05) is 6.54 Å². The van der Waals surface area contributed by atoms with Crippen molar-refractivity contribution in [1.82, 2.24) is 14.4 Å². The van der Waals surface area contributed by atoms with Gasteiger partial charge in [-0.1, -0.05) is 29.4 Å². The third-order valence-electron chi connectivity index (χ3n) is 4.43. The number of rotatable bonds is 4. The lowest BCUT2D eigenvalue weighted by atomic mass is 10.1. The van der Waals surface area contributed by atoms with Crippen LogP contribution in [-0.4, -0.2) is 29.4 Å². The number of hydrogen-bond donors (Lipinski definition) is 0. The maximum absolute atomic E-state index is 13.0. The van der Waals surface area contributed by atoms with Crippen LogP contribution in [0.4, 0.5) is 0 Å². The summed E-state index contributed by atoms with van der Waals surface area (Å²) >= 11 is 4.53. The Morgan fingerprint density at radius 2 is 2.08 bits per heavy atom. The lowest BCUT2D eigenvalue weighted by Gasteiger charge is -2.20. The fraction of sp³-hybridized carbons (Fsp3) is 0.294. The van der Waals surface area contributed by atoms with Crippen LogP contribution in [0.3, 0.4) is 0 Å². The predicted molar refractivity (Wildman–Crippen MR) is 102 cm³/mol. The molecule has 3 heterocycles. The molecule has 1 aliphatic rings. The molecule has 4 rings (SSSR count). The summed E-state index contributed by atoms with van der Waals surface area (Å²) in [7, 11) is -3.58. The second-order valence-electron chi connectivity index (χ2n) is 6.10. The van der Waals surface area contributed by atoms with Crippen LogP contribution in [0.2, 0.25) is 0 Å². The summed E-state index contributed by atoms with van der Waals surface area (Å²) in [6, 6.07) is 10.7. The second-order valence-corrected chi connectivity index (χ2v) is 10.7. The fourth-order valence-electron chi connectivity index (χ4n) is 3.13. The molecule has 136 valence electrons. The topological polar surface area (TPSA) is 76.3 Å². The van der Waals surface area contributed by atoms with E-state index in [1.807, 2.05) is 31.2 Å². The third-order valence-corrected chi connectivity index (χ3v) is 8.43. The SMILES string of the molecule is Cc1ccccc1-c1noc([C@@H]2CCCN2S(=O)(=O)c2ccc(Br)s2)n1. The number of aromatic nitrogens is 2. The highest BCUT2D eigenvalue weighted by Crippen LogP contribution is 2.38. The molecular weight excluding hydrogens is 438 g/mol. The zero-order valence-corrected chi connectivity index (χ0v) is 17.1. The fourth-order valence-corrected chi connectivity index (χ4v) is 6.92. The Labute approximate surface area is 164 Å². The molecule has 0 amide bonds. The minimum Gasteiger partial charge on any atom is -0.337 e. The molecule has 6 nitrogen and oxygen atoms in total. The number of halogens is 1. The molecule has 0 spiro atoms. The summed E-state index contributed by atoms with van der Waals surface area (Å²) in [5.74, 6) is 0.834. The van der Waals surface area contributed by atoms with Gasteiger partial charge in [0.2, 0.25) is 11.7 Å². The van der Waals surface area contributed by atoms with E-state index in [4.69, 9.17) is 4.52 Å². The Morgan fingerprint density at radius 1 is 1.27 bits per heavy atom. The van der Waals surface area contributed by atoms with Crippen molar-refractivity contribution in [3.05, 3.63) is 51.6 Å². The van der Waals surface area contributed by atoms with Crippen LogP contribution < -0.4 is 0 Å². The summed E-state index contributed by atoms with van der Waals surface area (Å²) in [5.41, 5.74) is 1.93. The van der Waals surface area contributed by atoms with Gasteiger partial charge in [-0.15, -0.1) is 11.3 Å². The van der Waals surface area contributed by atoms with E-state index in [0.717, 1.165) is 21.3 Å². The largest absolute Gasteiger partial charge is 0.337 e. The molecular formula is C17H16BrN3O3S2. The average molecular weight is 454 g/mol. The highest BCUT2D eigenvalue weighted by atomic mass is 79.9. The Morgan fingerprint density at radius 3 is 2.81 bits per heavy atom. The molecule has 0 radical (unpaired) electrons. The molecule has 9 heteroatoms. The molecule has 0 aliphatic carbocycles. The summed E-state index contributed by atoms with van der Waals surface area (Å²) < 4.78 is 34.0. The Bertz CT molecular complexity index is 1040. The normalized spacial score (nSPS) is 18.5. The van der Waals surface area contributed by atoms with Gasteiger partial charge in [0.15, 0.2) is 0 Å². The van der Waals surface area contributed by atoms with E-state index in [2.05, 4.69) is 26.1 Å². The van der Waals surface area contributed by atoms with E-state index >= 15 is 0 Å². The predicted octanol–water partition coefficient (Wildman–Crippen LogP) is 4.39.